The van der Waals surface area contributed by atoms with Gasteiger partial charge >= 0.3 is 0 Å². The van der Waals surface area contributed by atoms with Gasteiger partial charge in [0.25, 0.3) is 0 Å². The van der Waals surface area contributed by atoms with Crippen LogP contribution in [0.4, 0.5) is 0 Å². The molecule has 1 aromatic carbocycles. The third-order valence-electron chi connectivity index (χ3n) is 3.81. The smallest absolute Gasteiger partial charge is 0.133 e. The van der Waals surface area contributed by atoms with E-state index in [1.807, 2.05) is 6.92 Å². The molecule has 0 heterocycles. The zero-order chi connectivity index (χ0) is 13.8. The summed E-state index contributed by atoms with van der Waals surface area (Å²) < 4.78 is 7.16. The second-order valence-corrected chi connectivity index (χ2v) is 6.80. The summed E-state index contributed by atoms with van der Waals surface area (Å²) in [6, 6.07) is 6.51. The molecule has 0 aliphatic heterocycles. The summed E-state index contributed by atoms with van der Waals surface area (Å²) in [7, 11) is 0. The first-order valence-corrected chi connectivity index (χ1v) is 8.04. The average molecular weight is 326 g/mol. The fourth-order valence-electron chi connectivity index (χ4n) is 2.67. The van der Waals surface area contributed by atoms with Gasteiger partial charge in [0.05, 0.1) is 10.6 Å². The lowest BCUT2D eigenvalue weighted by Gasteiger charge is -2.27. The van der Waals surface area contributed by atoms with E-state index in [2.05, 4.69) is 41.1 Å². The SMILES string of the molecule is CC(N)Cc1ccc(OC2CCC(C)CC2)c(Br)c1. The molecule has 1 unspecified atom stereocenters. The van der Waals surface area contributed by atoms with Gasteiger partial charge in [-0.05, 0) is 78.6 Å². The Labute approximate surface area is 124 Å². The van der Waals surface area contributed by atoms with E-state index < -0.39 is 0 Å². The second-order valence-electron chi connectivity index (χ2n) is 5.95. The maximum Gasteiger partial charge on any atom is 0.133 e. The third kappa shape index (κ3) is 4.50. The first-order chi connectivity index (χ1) is 9.04. The molecule has 2 nitrogen and oxygen atoms in total. The van der Waals surface area contributed by atoms with Crippen LogP contribution in [0.2, 0.25) is 0 Å². The number of hydrogen-bond donors (Lipinski definition) is 1. The summed E-state index contributed by atoms with van der Waals surface area (Å²) >= 11 is 3.61. The van der Waals surface area contributed by atoms with Crippen LogP contribution in [0, 0.1) is 5.92 Å². The van der Waals surface area contributed by atoms with Gasteiger partial charge in [-0.2, -0.15) is 0 Å². The predicted octanol–water partition coefficient (Wildman–Crippen LogP) is 4.30. The highest BCUT2D eigenvalue weighted by Crippen LogP contribution is 2.31. The van der Waals surface area contributed by atoms with E-state index in [4.69, 9.17) is 10.5 Å². The van der Waals surface area contributed by atoms with E-state index in [1.165, 1.54) is 31.2 Å². The topological polar surface area (TPSA) is 35.2 Å². The van der Waals surface area contributed by atoms with Crippen LogP contribution in [0.1, 0.15) is 45.1 Å². The zero-order valence-electron chi connectivity index (χ0n) is 11.9. The summed E-state index contributed by atoms with van der Waals surface area (Å²) in [6.45, 7) is 4.36. The van der Waals surface area contributed by atoms with Crippen LogP contribution in [0.5, 0.6) is 5.75 Å². The van der Waals surface area contributed by atoms with Crippen molar-refractivity contribution in [3.05, 3.63) is 28.2 Å². The molecule has 106 valence electrons. The highest BCUT2D eigenvalue weighted by atomic mass is 79.9. The summed E-state index contributed by atoms with van der Waals surface area (Å²) in [5.41, 5.74) is 7.08. The number of nitrogens with two attached hydrogens (primary N) is 1. The molecular weight excluding hydrogens is 302 g/mol. The fraction of sp³-hybridized carbons (Fsp3) is 0.625. The molecule has 1 aliphatic rings. The van der Waals surface area contributed by atoms with E-state index in [1.54, 1.807) is 0 Å². The van der Waals surface area contributed by atoms with E-state index >= 15 is 0 Å². The number of hydrogen-bond acceptors (Lipinski definition) is 2. The minimum Gasteiger partial charge on any atom is -0.489 e. The quantitative estimate of drug-likeness (QED) is 0.895. The van der Waals surface area contributed by atoms with Crippen LogP contribution in [0.15, 0.2) is 22.7 Å². The maximum atomic E-state index is 6.12. The van der Waals surface area contributed by atoms with Crippen LogP contribution in [-0.2, 0) is 6.42 Å². The van der Waals surface area contributed by atoms with Crippen molar-refractivity contribution in [1.82, 2.24) is 0 Å². The first-order valence-electron chi connectivity index (χ1n) is 7.25. The molecule has 1 atom stereocenters. The highest BCUT2D eigenvalue weighted by Gasteiger charge is 2.20. The molecule has 0 amide bonds. The maximum absolute atomic E-state index is 6.12. The molecular formula is C16H24BrNO. The third-order valence-corrected chi connectivity index (χ3v) is 4.43. The minimum atomic E-state index is 0.193. The highest BCUT2D eigenvalue weighted by molar-refractivity contribution is 9.10. The molecule has 19 heavy (non-hydrogen) atoms. The van der Waals surface area contributed by atoms with Crippen molar-refractivity contribution in [2.75, 3.05) is 0 Å². The van der Waals surface area contributed by atoms with Crippen molar-refractivity contribution in [2.24, 2.45) is 11.7 Å². The van der Waals surface area contributed by atoms with Crippen LogP contribution in [0.25, 0.3) is 0 Å². The summed E-state index contributed by atoms with van der Waals surface area (Å²) in [5.74, 6) is 1.82. The largest absolute Gasteiger partial charge is 0.489 e. The van der Waals surface area contributed by atoms with E-state index in [0.717, 1.165) is 22.6 Å². The summed E-state index contributed by atoms with van der Waals surface area (Å²) in [4.78, 5) is 0. The molecule has 0 bridgehead atoms. The molecule has 2 N–H and O–H groups in total. The molecule has 1 saturated carbocycles. The Morgan fingerprint density at radius 1 is 1.32 bits per heavy atom. The molecule has 1 aliphatic carbocycles. The van der Waals surface area contributed by atoms with Crippen molar-refractivity contribution < 1.29 is 4.74 Å². The standard InChI is InChI=1S/C16H24BrNO/c1-11-3-6-14(7-4-11)19-16-8-5-13(9-12(2)18)10-15(16)17/h5,8,10-12,14H,3-4,6-7,9,18H2,1-2H3. The molecule has 0 radical (unpaired) electrons. The van der Waals surface area contributed by atoms with Gasteiger partial charge in [-0.1, -0.05) is 13.0 Å². The van der Waals surface area contributed by atoms with E-state index in [9.17, 15) is 0 Å². The summed E-state index contributed by atoms with van der Waals surface area (Å²) in [5, 5.41) is 0. The Kier molecular flexibility index (Phi) is 5.28. The lowest BCUT2D eigenvalue weighted by molar-refractivity contribution is 0.134. The van der Waals surface area contributed by atoms with Crippen LogP contribution >= 0.6 is 15.9 Å². The van der Waals surface area contributed by atoms with E-state index in [0.29, 0.717) is 6.10 Å². The number of ether oxygens (including phenoxy) is 1. The molecule has 0 aromatic heterocycles. The molecule has 2 rings (SSSR count). The van der Waals surface area contributed by atoms with Crippen molar-refractivity contribution in [3.63, 3.8) is 0 Å². The predicted molar refractivity (Wildman–Crippen MR) is 83.5 cm³/mol. The average Bonchev–Trinajstić information content (AvgIpc) is 2.34. The number of benzene rings is 1. The van der Waals surface area contributed by atoms with Crippen molar-refractivity contribution >= 4 is 15.9 Å². The minimum absolute atomic E-state index is 0.193. The molecule has 0 saturated heterocycles. The van der Waals surface area contributed by atoms with Crippen molar-refractivity contribution in [2.45, 2.75) is 58.1 Å². The Hall–Kier alpha value is -0.540. The van der Waals surface area contributed by atoms with Crippen molar-refractivity contribution in [1.29, 1.82) is 0 Å². The Morgan fingerprint density at radius 2 is 2.00 bits per heavy atom. The molecule has 0 spiro atoms. The van der Waals surface area contributed by atoms with Gasteiger partial charge in [0.1, 0.15) is 5.75 Å². The second kappa shape index (κ2) is 6.76. The Morgan fingerprint density at radius 3 is 2.58 bits per heavy atom. The number of halogens is 1. The zero-order valence-corrected chi connectivity index (χ0v) is 13.4. The number of rotatable bonds is 4. The monoisotopic (exact) mass is 325 g/mol. The van der Waals surface area contributed by atoms with Gasteiger partial charge < -0.3 is 10.5 Å². The first kappa shape index (κ1) is 14.9. The molecule has 1 aromatic rings. The lowest BCUT2D eigenvalue weighted by atomic mass is 9.89. The van der Waals surface area contributed by atoms with Gasteiger partial charge in [0.15, 0.2) is 0 Å². The normalized spacial score (nSPS) is 25.1. The Balaban J connectivity index is 1.97. The van der Waals surface area contributed by atoms with Gasteiger partial charge in [-0.3, -0.25) is 0 Å². The van der Waals surface area contributed by atoms with Gasteiger partial charge in [0.2, 0.25) is 0 Å². The molecule has 1 fully saturated rings. The fourth-order valence-corrected chi connectivity index (χ4v) is 3.19. The van der Waals surface area contributed by atoms with Crippen LogP contribution < -0.4 is 10.5 Å². The lowest BCUT2D eigenvalue weighted by Crippen LogP contribution is -2.23. The van der Waals surface area contributed by atoms with Gasteiger partial charge in [0, 0.05) is 6.04 Å². The van der Waals surface area contributed by atoms with Gasteiger partial charge in [-0.15, -0.1) is 0 Å². The van der Waals surface area contributed by atoms with E-state index in [-0.39, 0.29) is 6.04 Å². The van der Waals surface area contributed by atoms with Crippen molar-refractivity contribution in [3.8, 4) is 5.75 Å². The van der Waals surface area contributed by atoms with Crippen LogP contribution in [-0.4, -0.2) is 12.1 Å². The molecule has 3 heteroatoms. The van der Waals surface area contributed by atoms with Crippen LogP contribution in [0.3, 0.4) is 0 Å². The van der Waals surface area contributed by atoms with Gasteiger partial charge in [-0.25, -0.2) is 0 Å². The summed E-state index contributed by atoms with van der Waals surface area (Å²) in [6.07, 6.45) is 6.20. The Bertz CT molecular complexity index is 411.